The Morgan fingerprint density at radius 2 is 1.82 bits per heavy atom. The maximum atomic E-state index is 12.8. The predicted octanol–water partition coefficient (Wildman–Crippen LogP) is 5.12. The van der Waals surface area contributed by atoms with Crippen molar-refractivity contribution in [2.75, 3.05) is 6.61 Å². The normalized spacial score (nSPS) is 15.6. The Kier molecular flexibility index (Phi) is 9.48. The fourth-order valence-electron chi connectivity index (χ4n) is 3.65. The molecule has 1 aliphatic rings. The van der Waals surface area contributed by atoms with Gasteiger partial charge in [-0.2, -0.15) is 0 Å². The lowest BCUT2D eigenvalue weighted by molar-refractivity contribution is -0.140. The molecule has 2 rings (SSSR count). The summed E-state index contributed by atoms with van der Waals surface area (Å²) in [6.45, 7) is 2.21. The van der Waals surface area contributed by atoms with Crippen molar-refractivity contribution in [3.63, 3.8) is 0 Å². The van der Waals surface area contributed by atoms with Gasteiger partial charge in [-0.1, -0.05) is 56.5 Å². The molecule has 1 atom stereocenters. The molecule has 1 aliphatic carbocycles. The van der Waals surface area contributed by atoms with Crippen molar-refractivity contribution >= 4 is 34.5 Å². The van der Waals surface area contributed by atoms with Gasteiger partial charge in [0.05, 0.1) is 6.61 Å². The first-order chi connectivity index (χ1) is 13.5. The Morgan fingerprint density at radius 1 is 1.14 bits per heavy atom. The summed E-state index contributed by atoms with van der Waals surface area (Å²) >= 11 is 5.32. The van der Waals surface area contributed by atoms with E-state index in [2.05, 4.69) is 12.1 Å². The Hall–Kier alpha value is -1.88. The molecule has 0 bridgehead atoms. The molecular formula is C23H31NO3S. The van der Waals surface area contributed by atoms with Crippen LogP contribution in [-0.2, 0) is 20.7 Å². The topological polar surface area (TPSA) is 67.2 Å². The highest BCUT2D eigenvalue weighted by atomic mass is 32.1. The number of ether oxygens (including phenoxy) is 1. The minimum Gasteiger partial charge on any atom is -0.486 e. The van der Waals surface area contributed by atoms with Gasteiger partial charge in [-0.15, -0.1) is 0 Å². The number of rotatable bonds is 11. The lowest BCUT2D eigenvalue weighted by Crippen LogP contribution is -2.39. The zero-order chi connectivity index (χ0) is 20.4. The summed E-state index contributed by atoms with van der Waals surface area (Å²) in [6.07, 6.45) is 7.74. The summed E-state index contributed by atoms with van der Waals surface area (Å²) in [5.41, 5.74) is 1.45. The monoisotopic (exact) mass is 401 g/mol. The number of hydrogen-bond acceptors (Lipinski definition) is 5. The molecule has 5 heteroatoms. The van der Waals surface area contributed by atoms with Crippen LogP contribution in [0.4, 0.5) is 0 Å². The molecule has 0 spiro atoms. The maximum absolute atomic E-state index is 12.8. The van der Waals surface area contributed by atoms with Crippen molar-refractivity contribution in [2.24, 2.45) is 11.8 Å². The Labute approximate surface area is 173 Å². The van der Waals surface area contributed by atoms with E-state index < -0.39 is 11.7 Å². The van der Waals surface area contributed by atoms with Gasteiger partial charge in [0.1, 0.15) is 5.92 Å². The smallest absolute Gasteiger partial charge is 0.215 e. The number of aryl methyl sites for hydroxylation is 1. The van der Waals surface area contributed by atoms with Crippen molar-refractivity contribution in [3.05, 3.63) is 35.9 Å². The molecular weight excluding hydrogens is 370 g/mol. The number of carbonyl (C=O) groups excluding carboxylic acids is 2. The van der Waals surface area contributed by atoms with E-state index in [9.17, 15) is 9.59 Å². The van der Waals surface area contributed by atoms with Gasteiger partial charge >= 0.3 is 0 Å². The van der Waals surface area contributed by atoms with Gasteiger partial charge in [-0.3, -0.25) is 9.59 Å². The second kappa shape index (κ2) is 11.8. The van der Waals surface area contributed by atoms with Crippen molar-refractivity contribution in [1.82, 2.24) is 0 Å². The number of nitrogens with one attached hydrogen (secondary N) is 1. The fraction of sp³-hybridized carbons (Fsp3) is 0.565. The van der Waals surface area contributed by atoms with Crippen LogP contribution in [0.15, 0.2) is 30.3 Å². The SMILES string of the molecule is CCC(=N)C(C(=O)C(=O)C1CCCCC1)C(=S)OCCCCc1ccccc1. The molecule has 1 unspecified atom stereocenters. The molecule has 0 aliphatic heterocycles. The molecule has 1 aromatic carbocycles. The van der Waals surface area contributed by atoms with Crippen molar-refractivity contribution in [3.8, 4) is 0 Å². The summed E-state index contributed by atoms with van der Waals surface area (Å²) in [4.78, 5) is 25.4. The van der Waals surface area contributed by atoms with Gasteiger partial charge in [0.2, 0.25) is 11.6 Å². The molecule has 0 saturated heterocycles. The largest absolute Gasteiger partial charge is 0.486 e. The van der Waals surface area contributed by atoms with E-state index in [4.69, 9.17) is 22.4 Å². The van der Waals surface area contributed by atoms with Crippen LogP contribution >= 0.6 is 12.2 Å². The number of carbonyl (C=O) groups is 2. The Balaban J connectivity index is 1.85. The summed E-state index contributed by atoms with van der Waals surface area (Å²) in [5.74, 6) is -2.11. The van der Waals surface area contributed by atoms with E-state index in [1.807, 2.05) is 18.2 Å². The summed E-state index contributed by atoms with van der Waals surface area (Å²) in [6, 6.07) is 10.2. The van der Waals surface area contributed by atoms with Gasteiger partial charge in [0.25, 0.3) is 0 Å². The first-order valence-corrected chi connectivity index (χ1v) is 10.8. The molecule has 1 saturated carbocycles. The van der Waals surface area contributed by atoms with Gasteiger partial charge < -0.3 is 10.1 Å². The zero-order valence-electron chi connectivity index (χ0n) is 16.7. The fourth-order valence-corrected chi connectivity index (χ4v) is 3.98. The second-order valence-electron chi connectivity index (χ2n) is 7.49. The summed E-state index contributed by atoms with van der Waals surface area (Å²) < 4.78 is 5.64. The third-order valence-electron chi connectivity index (χ3n) is 5.39. The van der Waals surface area contributed by atoms with Crippen LogP contribution in [0.25, 0.3) is 0 Å². The van der Waals surface area contributed by atoms with E-state index in [1.165, 1.54) is 5.56 Å². The second-order valence-corrected chi connectivity index (χ2v) is 7.89. The number of Topliss-reactive ketones (excluding diaryl/α,β-unsaturated/α-hetero) is 2. The zero-order valence-corrected chi connectivity index (χ0v) is 17.6. The lowest BCUT2D eigenvalue weighted by atomic mass is 9.81. The highest BCUT2D eigenvalue weighted by Crippen LogP contribution is 2.26. The average Bonchev–Trinajstić information content (AvgIpc) is 2.74. The summed E-state index contributed by atoms with van der Waals surface area (Å²) in [7, 11) is 0. The molecule has 0 aromatic heterocycles. The highest BCUT2D eigenvalue weighted by Gasteiger charge is 2.36. The van der Waals surface area contributed by atoms with Crippen molar-refractivity contribution < 1.29 is 14.3 Å². The number of unbranched alkanes of at least 4 members (excludes halogenated alkanes) is 1. The third kappa shape index (κ3) is 6.62. The highest BCUT2D eigenvalue weighted by molar-refractivity contribution is 7.80. The van der Waals surface area contributed by atoms with Gasteiger partial charge in [-0.25, -0.2) is 0 Å². The van der Waals surface area contributed by atoms with Crippen LogP contribution in [0.2, 0.25) is 0 Å². The quantitative estimate of drug-likeness (QED) is 0.242. The van der Waals surface area contributed by atoms with Crippen LogP contribution in [0, 0.1) is 17.2 Å². The first-order valence-electron chi connectivity index (χ1n) is 10.4. The molecule has 0 radical (unpaired) electrons. The van der Waals surface area contributed by atoms with Gasteiger partial charge in [0.15, 0.2) is 5.05 Å². The maximum Gasteiger partial charge on any atom is 0.215 e. The average molecular weight is 402 g/mol. The molecule has 1 fully saturated rings. The molecule has 152 valence electrons. The van der Waals surface area contributed by atoms with Crippen molar-refractivity contribution in [2.45, 2.75) is 64.7 Å². The molecule has 28 heavy (non-hydrogen) atoms. The number of hydrogen-bond donors (Lipinski definition) is 1. The Morgan fingerprint density at radius 3 is 2.46 bits per heavy atom. The number of ketones is 2. The van der Waals surface area contributed by atoms with E-state index >= 15 is 0 Å². The molecule has 0 amide bonds. The van der Waals surface area contributed by atoms with Crippen LogP contribution < -0.4 is 0 Å². The lowest BCUT2D eigenvalue weighted by Gasteiger charge is -2.23. The minimum atomic E-state index is -0.997. The van der Waals surface area contributed by atoms with E-state index in [-0.39, 0.29) is 22.5 Å². The predicted molar refractivity (Wildman–Crippen MR) is 116 cm³/mol. The number of thiocarbonyl (C=S) groups is 1. The van der Waals surface area contributed by atoms with Gasteiger partial charge in [0, 0.05) is 11.6 Å². The van der Waals surface area contributed by atoms with Crippen molar-refractivity contribution in [1.29, 1.82) is 5.41 Å². The van der Waals surface area contributed by atoms with E-state index in [1.54, 1.807) is 6.92 Å². The van der Waals surface area contributed by atoms with Crippen LogP contribution in [0.5, 0.6) is 0 Å². The third-order valence-corrected chi connectivity index (χ3v) is 5.75. The molecule has 1 N–H and O–H groups in total. The number of benzene rings is 1. The first kappa shape index (κ1) is 22.4. The Bertz CT molecular complexity index is 680. The molecule has 0 heterocycles. The minimum absolute atomic E-state index is 0.0840. The van der Waals surface area contributed by atoms with Gasteiger partial charge in [-0.05, 0) is 56.3 Å². The van der Waals surface area contributed by atoms with Crippen LogP contribution in [0.1, 0.15) is 63.9 Å². The van der Waals surface area contributed by atoms with Crippen LogP contribution in [0.3, 0.4) is 0 Å². The van der Waals surface area contributed by atoms with E-state index in [0.717, 1.165) is 51.4 Å². The van der Waals surface area contributed by atoms with Crippen LogP contribution in [-0.4, -0.2) is 28.9 Å². The van der Waals surface area contributed by atoms with E-state index in [0.29, 0.717) is 13.0 Å². The summed E-state index contributed by atoms with van der Waals surface area (Å²) in [5, 5.41) is 8.24. The molecule has 1 aromatic rings. The standard InChI is InChI=1S/C23H31NO3S/c1-2-19(24)20(22(26)21(25)18-14-7-4-8-15-18)23(28)27-16-10-9-13-17-11-5-3-6-12-17/h3,5-6,11-12,18,20,24H,2,4,7-10,13-16H2,1H3. The molecule has 4 nitrogen and oxygen atoms in total.